The predicted octanol–water partition coefficient (Wildman–Crippen LogP) is 4.35. The number of amides is 1. The molecule has 1 heterocycles. The number of rotatable bonds is 3. The summed E-state index contributed by atoms with van der Waals surface area (Å²) in [5.41, 5.74) is 3.35. The molecule has 0 saturated carbocycles. The smallest absolute Gasteiger partial charge is 0.225 e. The second kappa shape index (κ2) is 7.20. The highest BCUT2D eigenvalue weighted by Gasteiger charge is 2.38. The highest BCUT2D eigenvalue weighted by Crippen LogP contribution is 2.44. The Kier molecular flexibility index (Phi) is 4.75. The summed E-state index contributed by atoms with van der Waals surface area (Å²) in [5, 5.41) is 3.60. The van der Waals surface area contributed by atoms with E-state index in [1.807, 2.05) is 48.5 Å². The fraction of sp³-hybridized carbons (Fsp3) is 0.273. The minimum Gasteiger partial charge on any atom is -0.497 e. The lowest BCUT2D eigenvalue weighted by molar-refractivity contribution is -0.122. The predicted molar refractivity (Wildman–Crippen MR) is 104 cm³/mol. The van der Waals surface area contributed by atoms with Gasteiger partial charge in [-0.25, -0.2) is 0 Å². The van der Waals surface area contributed by atoms with Gasteiger partial charge in [-0.15, -0.1) is 0 Å². The Hall–Kier alpha value is -2.59. The van der Waals surface area contributed by atoms with Gasteiger partial charge < -0.3 is 10.1 Å². The van der Waals surface area contributed by atoms with Gasteiger partial charge in [0.2, 0.25) is 5.91 Å². The van der Waals surface area contributed by atoms with Crippen LogP contribution in [-0.2, 0) is 9.59 Å². The van der Waals surface area contributed by atoms with Crippen LogP contribution in [0.4, 0.5) is 0 Å². The van der Waals surface area contributed by atoms with Gasteiger partial charge in [-0.05, 0) is 41.7 Å². The maximum Gasteiger partial charge on any atom is 0.225 e. The van der Waals surface area contributed by atoms with E-state index in [1.54, 1.807) is 7.11 Å². The van der Waals surface area contributed by atoms with Crippen LogP contribution < -0.4 is 10.1 Å². The minimum atomic E-state index is -0.233. The molecule has 0 aromatic heterocycles. The number of ketones is 1. The molecule has 1 aliphatic carbocycles. The quantitative estimate of drug-likeness (QED) is 0.859. The topological polar surface area (TPSA) is 55.4 Å². The molecule has 2 aromatic carbocycles. The van der Waals surface area contributed by atoms with Gasteiger partial charge in [0.05, 0.1) is 7.11 Å². The molecule has 4 rings (SSSR count). The molecule has 138 valence electrons. The van der Waals surface area contributed by atoms with Crippen LogP contribution in [0.25, 0.3) is 0 Å². The lowest BCUT2D eigenvalue weighted by atomic mass is 9.73. The van der Waals surface area contributed by atoms with Crippen molar-refractivity contribution >= 4 is 23.3 Å². The number of hydrogen-bond donors (Lipinski definition) is 1. The maximum absolute atomic E-state index is 13.1. The van der Waals surface area contributed by atoms with Crippen molar-refractivity contribution in [3.8, 4) is 5.75 Å². The van der Waals surface area contributed by atoms with Crippen molar-refractivity contribution < 1.29 is 14.3 Å². The minimum absolute atomic E-state index is 0.0192. The lowest BCUT2D eigenvalue weighted by Crippen LogP contribution is -2.38. The summed E-state index contributed by atoms with van der Waals surface area (Å²) < 4.78 is 5.31. The summed E-state index contributed by atoms with van der Waals surface area (Å²) in [6.07, 6.45) is 1.28. The molecule has 0 fully saturated rings. The third-order valence-corrected chi connectivity index (χ3v) is 5.72. The molecule has 0 radical (unpaired) electrons. The third kappa shape index (κ3) is 3.37. The van der Waals surface area contributed by atoms with Crippen LogP contribution in [0.1, 0.15) is 42.2 Å². The van der Waals surface area contributed by atoms with Gasteiger partial charge in [-0.1, -0.05) is 41.9 Å². The summed E-state index contributed by atoms with van der Waals surface area (Å²) in [7, 11) is 1.61. The first kappa shape index (κ1) is 17.8. The van der Waals surface area contributed by atoms with Crippen LogP contribution >= 0.6 is 11.6 Å². The molecule has 1 N–H and O–H groups in total. The van der Waals surface area contributed by atoms with Gasteiger partial charge in [0.25, 0.3) is 0 Å². The number of ether oxygens (including phenoxy) is 1. The summed E-state index contributed by atoms with van der Waals surface area (Å²) in [5.74, 6) is 0.485. The molecular weight excluding hydrogens is 362 g/mol. The van der Waals surface area contributed by atoms with Gasteiger partial charge in [-0.3, -0.25) is 9.59 Å². The van der Waals surface area contributed by atoms with Crippen LogP contribution in [0.15, 0.2) is 59.8 Å². The van der Waals surface area contributed by atoms with Crippen molar-refractivity contribution in [3.63, 3.8) is 0 Å². The number of methoxy groups -OCH3 is 1. The summed E-state index contributed by atoms with van der Waals surface area (Å²) in [6.45, 7) is 0. The van der Waals surface area contributed by atoms with Gasteiger partial charge in [0.1, 0.15) is 5.75 Å². The molecule has 5 heteroatoms. The summed E-state index contributed by atoms with van der Waals surface area (Å²) in [6, 6.07) is 15.2. The van der Waals surface area contributed by atoms with E-state index in [0.29, 0.717) is 17.9 Å². The first-order valence-corrected chi connectivity index (χ1v) is 9.39. The van der Waals surface area contributed by atoms with Crippen LogP contribution in [-0.4, -0.2) is 18.8 Å². The normalized spacial score (nSPS) is 22.3. The number of Topliss-reactive ketones (excluding diaryl/α,β-unsaturated/α-hetero) is 1. The van der Waals surface area contributed by atoms with Crippen molar-refractivity contribution in [1.82, 2.24) is 5.32 Å². The monoisotopic (exact) mass is 381 g/mol. The van der Waals surface area contributed by atoms with Crippen LogP contribution in [0, 0.1) is 0 Å². The van der Waals surface area contributed by atoms with E-state index in [-0.39, 0.29) is 29.9 Å². The molecule has 4 nitrogen and oxygen atoms in total. The molecule has 2 unspecified atom stereocenters. The fourth-order valence-electron chi connectivity index (χ4n) is 4.13. The van der Waals surface area contributed by atoms with Gasteiger partial charge >= 0.3 is 0 Å². The van der Waals surface area contributed by atoms with Gasteiger partial charge in [0.15, 0.2) is 5.78 Å². The second-order valence-corrected chi connectivity index (χ2v) is 7.43. The summed E-state index contributed by atoms with van der Waals surface area (Å²) >= 11 is 6.34. The van der Waals surface area contributed by atoms with Crippen LogP contribution in [0.3, 0.4) is 0 Å². The largest absolute Gasteiger partial charge is 0.497 e. The highest BCUT2D eigenvalue weighted by atomic mass is 35.5. The van der Waals surface area contributed by atoms with E-state index in [0.717, 1.165) is 28.1 Å². The zero-order valence-corrected chi connectivity index (χ0v) is 15.8. The Morgan fingerprint density at radius 1 is 1.04 bits per heavy atom. The lowest BCUT2D eigenvalue weighted by Gasteiger charge is -2.34. The van der Waals surface area contributed by atoms with Crippen molar-refractivity contribution in [2.75, 3.05) is 7.11 Å². The molecule has 1 aliphatic heterocycles. The Morgan fingerprint density at radius 3 is 2.63 bits per heavy atom. The SMILES string of the molecule is COc1cccc(C2CC(=O)NC3=C2C(=O)CC(c2ccccc2Cl)C3)c1. The second-order valence-electron chi connectivity index (χ2n) is 7.02. The third-order valence-electron chi connectivity index (χ3n) is 5.38. The number of carbonyl (C=O) groups excluding carboxylic acids is 2. The van der Waals surface area contributed by atoms with E-state index >= 15 is 0 Å². The zero-order valence-electron chi connectivity index (χ0n) is 15.0. The van der Waals surface area contributed by atoms with E-state index in [1.165, 1.54) is 0 Å². The highest BCUT2D eigenvalue weighted by molar-refractivity contribution is 6.31. The molecular formula is C22H20ClNO3. The van der Waals surface area contributed by atoms with Gasteiger partial charge in [-0.2, -0.15) is 0 Å². The fourth-order valence-corrected chi connectivity index (χ4v) is 4.42. The van der Waals surface area contributed by atoms with E-state index in [2.05, 4.69) is 5.32 Å². The molecule has 0 saturated heterocycles. The van der Waals surface area contributed by atoms with E-state index in [9.17, 15) is 9.59 Å². The van der Waals surface area contributed by atoms with Crippen molar-refractivity contribution in [3.05, 3.63) is 76.0 Å². The van der Waals surface area contributed by atoms with Gasteiger partial charge in [0, 0.05) is 35.1 Å². The van der Waals surface area contributed by atoms with Crippen molar-refractivity contribution in [2.45, 2.75) is 31.1 Å². The Labute approximate surface area is 163 Å². The van der Waals surface area contributed by atoms with Crippen molar-refractivity contribution in [1.29, 1.82) is 0 Å². The Bertz CT molecular complexity index is 950. The van der Waals surface area contributed by atoms with E-state index in [4.69, 9.17) is 16.3 Å². The Balaban J connectivity index is 1.73. The van der Waals surface area contributed by atoms with Crippen LogP contribution in [0.2, 0.25) is 5.02 Å². The molecule has 1 amide bonds. The Morgan fingerprint density at radius 2 is 1.85 bits per heavy atom. The first-order chi connectivity index (χ1) is 13.1. The standard InChI is InChI=1S/C22H20ClNO3/c1-27-15-6-4-5-13(9-15)17-12-21(26)24-19-10-14(11-20(25)22(17)19)16-7-2-3-8-18(16)23/h2-9,14,17H,10-12H2,1H3,(H,24,26). The molecule has 0 bridgehead atoms. The molecule has 2 aliphatic rings. The molecule has 27 heavy (non-hydrogen) atoms. The zero-order chi connectivity index (χ0) is 19.0. The van der Waals surface area contributed by atoms with E-state index < -0.39 is 0 Å². The van der Waals surface area contributed by atoms with Crippen molar-refractivity contribution in [2.24, 2.45) is 0 Å². The number of benzene rings is 2. The van der Waals surface area contributed by atoms with Crippen LogP contribution in [0.5, 0.6) is 5.75 Å². The summed E-state index contributed by atoms with van der Waals surface area (Å²) in [4.78, 5) is 25.4. The molecule has 2 atom stereocenters. The number of halogens is 1. The number of nitrogens with one attached hydrogen (secondary N) is 1. The molecule has 0 spiro atoms. The maximum atomic E-state index is 13.1. The number of hydrogen-bond acceptors (Lipinski definition) is 3. The first-order valence-electron chi connectivity index (χ1n) is 9.01. The number of allylic oxidation sites excluding steroid dienone is 2. The average Bonchev–Trinajstić information content (AvgIpc) is 2.67. The number of carbonyl (C=O) groups is 2. The molecule has 2 aromatic rings. The average molecular weight is 382 g/mol.